The second-order valence-corrected chi connectivity index (χ2v) is 10.8. The summed E-state index contributed by atoms with van der Waals surface area (Å²) < 4.78 is 12.6. The summed E-state index contributed by atoms with van der Waals surface area (Å²) in [6.45, 7) is 0. The minimum atomic E-state index is 0.557. The first-order valence-corrected chi connectivity index (χ1v) is 14.5. The number of hydrogen-bond acceptors (Lipinski definition) is 5. The van der Waals surface area contributed by atoms with E-state index in [-0.39, 0.29) is 0 Å². The van der Waals surface area contributed by atoms with E-state index in [1.54, 1.807) is 0 Å². The number of rotatable bonds is 4. The Morgan fingerprint density at radius 3 is 1.68 bits per heavy atom. The molecule has 0 saturated carbocycles. The monoisotopic (exact) mass is 565 g/mol. The Morgan fingerprint density at radius 2 is 0.909 bits per heavy atom. The molecule has 0 aliphatic heterocycles. The number of nitrogens with zero attached hydrogens (tertiary/aromatic N) is 3. The van der Waals surface area contributed by atoms with Crippen LogP contribution in [0.1, 0.15) is 0 Å². The molecule has 44 heavy (non-hydrogen) atoms. The predicted octanol–water partition coefficient (Wildman–Crippen LogP) is 10.3. The fourth-order valence-corrected chi connectivity index (χ4v) is 5.99. The summed E-state index contributed by atoms with van der Waals surface area (Å²) in [7, 11) is 0. The molecule has 3 aromatic heterocycles. The summed E-state index contributed by atoms with van der Waals surface area (Å²) in [6.07, 6.45) is 0. The van der Waals surface area contributed by atoms with Crippen LogP contribution in [0.4, 0.5) is 0 Å². The van der Waals surface area contributed by atoms with Gasteiger partial charge in [0.1, 0.15) is 22.3 Å². The van der Waals surface area contributed by atoms with Crippen LogP contribution in [-0.2, 0) is 0 Å². The molecule has 6 aromatic carbocycles. The lowest BCUT2D eigenvalue weighted by molar-refractivity contribution is 0.669. The first kappa shape index (κ1) is 24.5. The summed E-state index contributed by atoms with van der Waals surface area (Å²) >= 11 is 0. The first-order valence-electron chi connectivity index (χ1n) is 14.5. The van der Waals surface area contributed by atoms with Crippen LogP contribution in [0.25, 0.3) is 89.2 Å². The molecular weight excluding hydrogens is 542 g/mol. The van der Waals surface area contributed by atoms with E-state index in [0.717, 1.165) is 71.7 Å². The summed E-state index contributed by atoms with van der Waals surface area (Å²) in [5.74, 6) is 1.74. The smallest absolute Gasteiger partial charge is 0.167 e. The van der Waals surface area contributed by atoms with Gasteiger partial charge in [-0.2, -0.15) is 0 Å². The van der Waals surface area contributed by atoms with Crippen molar-refractivity contribution in [2.45, 2.75) is 0 Å². The SMILES string of the molecule is c1ccc(-c2ccc3oc4ccc(-c5nc(-c6ccccc6)nc(-c6cccc7c6oc6ccccc67)n5)cc4c3c2)cc1. The van der Waals surface area contributed by atoms with E-state index in [9.17, 15) is 0 Å². The van der Waals surface area contributed by atoms with Crippen molar-refractivity contribution in [1.82, 2.24) is 15.0 Å². The lowest BCUT2D eigenvalue weighted by Gasteiger charge is -2.09. The van der Waals surface area contributed by atoms with Gasteiger partial charge in [0.2, 0.25) is 0 Å². The molecule has 0 fully saturated rings. The topological polar surface area (TPSA) is 65.0 Å². The van der Waals surface area contributed by atoms with Gasteiger partial charge >= 0.3 is 0 Å². The average Bonchev–Trinajstić information content (AvgIpc) is 3.66. The summed E-state index contributed by atoms with van der Waals surface area (Å²) in [5.41, 5.74) is 8.16. The normalized spacial score (nSPS) is 11.6. The second-order valence-electron chi connectivity index (χ2n) is 10.8. The van der Waals surface area contributed by atoms with Gasteiger partial charge in [0.25, 0.3) is 0 Å². The highest BCUT2D eigenvalue weighted by molar-refractivity contribution is 6.09. The van der Waals surface area contributed by atoms with Gasteiger partial charge < -0.3 is 8.83 Å². The minimum Gasteiger partial charge on any atom is -0.456 e. The maximum atomic E-state index is 6.36. The van der Waals surface area contributed by atoms with Crippen LogP contribution in [0, 0.1) is 0 Å². The van der Waals surface area contributed by atoms with Crippen LogP contribution >= 0.6 is 0 Å². The molecule has 5 heteroatoms. The van der Waals surface area contributed by atoms with Crippen LogP contribution in [-0.4, -0.2) is 15.0 Å². The Balaban J connectivity index is 1.26. The van der Waals surface area contributed by atoms with Crippen molar-refractivity contribution in [3.8, 4) is 45.3 Å². The van der Waals surface area contributed by atoms with Gasteiger partial charge in [0, 0.05) is 32.7 Å². The van der Waals surface area contributed by atoms with E-state index in [2.05, 4.69) is 54.6 Å². The van der Waals surface area contributed by atoms with E-state index in [1.165, 1.54) is 0 Å². The average molecular weight is 566 g/mol. The molecule has 0 radical (unpaired) electrons. The van der Waals surface area contributed by atoms with E-state index < -0.39 is 0 Å². The van der Waals surface area contributed by atoms with Crippen molar-refractivity contribution in [3.63, 3.8) is 0 Å². The number of aromatic nitrogens is 3. The molecule has 5 nitrogen and oxygen atoms in total. The van der Waals surface area contributed by atoms with Crippen molar-refractivity contribution in [3.05, 3.63) is 140 Å². The Hall–Kier alpha value is -6.07. The molecule has 9 rings (SSSR count). The first-order chi connectivity index (χ1) is 21.8. The number of furan rings is 2. The fraction of sp³-hybridized carbons (Fsp3) is 0. The molecule has 206 valence electrons. The molecule has 0 aliphatic rings. The summed E-state index contributed by atoms with van der Waals surface area (Å²) in [6, 6.07) is 47.0. The lowest BCUT2D eigenvalue weighted by Crippen LogP contribution is -2.00. The van der Waals surface area contributed by atoms with Crippen molar-refractivity contribution in [2.24, 2.45) is 0 Å². The maximum Gasteiger partial charge on any atom is 0.167 e. The van der Waals surface area contributed by atoms with Crippen molar-refractivity contribution < 1.29 is 8.83 Å². The van der Waals surface area contributed by atoms with Crippen LogP contribution < -0.4 is 0 Å². The largest absolute Gasteiger partial charge is 0.456 e. The van der Waals surface area contributed by atoms with Crippen LogP contribution in [0.3, 0.4) is 0 Å². The Morgan fingerprint density at radius 1 is 0.341 bits per heavy atom. The number of benzene rings is 6. The number of para-hydroxylation sites is 2. The molecule has 0 aliphatic carbocycles. The van der Waals surface area contributed by atoms with Crippen molar-refractivity contribution >= 4 is 43.9 Å². The molecule has 0 spiro atoms. The maximum absolute atomic E-state index is 6.36. The van der Waals surface area contributed by atoms with E-state index in [0.29, 0.717) is 17.5 Å². The molecule has 0 N–H and O–H groups in total. The third-order valence-electron chi connectivity index (χ3n) is 8.15. The zero-order valence-corrected chi connectivity index (χ0v) is 23.4. The van der Waals surface area contributed by atoms with E-state index in [4.69, 9.17) is 23.8 Å². The predicted molar refractivity (Wildman–Crippen MR) is 176 cm³/mol. The van der Waals surface area contributed by atoms with Crippen LogP contribution in [0.15, 0.2) is 148 Å². The number of hydrogen-bond donors (Lipinski definition) is 0. The highest BCUT2D eigenvalue weighted by Gasteiger charge is 2.18. The molecular formula is C39H23N3O2. The quantitative estimate of drug-likeness (QED) is 0.212. The Bertz CT molecular complexity index is 2500. The van der Waals surface area contributed by atoms with Gasteiger partial charge in [-0.15, -0.1) is 0 Å². The van der Waals surface area contributed by atoms with Gasteiger partial charge in [0.05, 0.1) is 5.56 Å². The van der Waals surface area contributed by atoms with Crippen LogP contribution in [0.2, 0.25) is 0 Å². The van der Waals surface area contributed by atoms with Gasteiger partial charge in [-0.05, 0) is 53.6 Å². The Labute approximate surface area is 252 Å². The fourth-order valence-electron chi connectivity index (χ4n) is 5.99. The molecule has 0 bridgehead atoms. The summed E-state index contributed by atoms with van der Waals surface area (Å²) in [4.78, 5) is 15.0. The van der Waals surface area contributed by atoms with E-state index in [1.807, 2.05) is 84.9 Å². The zero-order chi connectivity index (χ0) is 29.0. The minimum absolute atomic E-state index is 0.557. The highest BCUT2D eigenvalue weighted by Crippen LogP contribution is 2.37. The molecule has 9 aromatic rings. The molecule has 3 heterocycles. The van der Waals surface area contributed by atoms with Crippen molar-refractivity contribution in [1.29, 1.82) is 0 Å². The van der Waals surface area contributed by atoms with Gasteiger partial charge in [-0.3, -0.25) is 0 Å². The standard InChI is InChI=1S/C39H23N3O2/c1-3-10-24(11-4-1)26-18-20-34-31(22-26)32-23-27(19-21-35(32)43-34)38-40-37(25-12-5-2-6-13-25)41-39(42-38)30-16-9-15-29-28-14-7-8-17-33(28)44-36(29)30/h1-23H. The van der Waals surface area contributed by atoms with Gasteiger partial charge in [-0.25, -0.2) is 15.0 Å². The zero-order valence-electron chi connectivity index (χ0n) is 23.4. The van der Waals surface area contributed by atoms with Gasteiger partial charge in [-0.1, -0.05) is 97.1 Å². The molecule has 0 saturated heterocycles. The number of fused-ring (bicyclic) bond motifs is 6. The van der Waals surface area contributed by atoms with E-state index >= 15 is 0 Å². The highest BCUT2D eigenvalue weighted by atomic mass is 16.3. The van der Waals surface area contributed by atoms with Crippen LogP contribution in [0.5, 0.6) is 0 Å². The molecule has 0 atom stereocenters. The molecule has 0 amide bonds. The third-order valence-corrected chi connectivity index (χ3v) is 8.15. The van der Waals surface area contributed by atoms with Gasteiger partial charge in [0.15, 0.2) is 17.5 Å². The Kier molecular flexibility index (Phi) is 5.43. The van der Waals surface area contributed by atoms with Crippen molar-refractivity contribution in [2.75, 3.05) is 0 Å². The lowest BCUT2D eigenvalue weighted by atomic mass is 10.0. The molecule has 0 unspecified atom stereocenters. The summed E-state index contributed by atoms with van der Waals surface area (Å²) in [5, 5.41) is 4.15. The third kappa shape index (κ3) is 3.98. The second kappa shape index (κ2) is 9.75.